The number of nitrogens with zero attached hydrogens (tertiary/aromatic N) is 3. The number of hydrogen-bond acceptors (Lipinski definition) is 6. The SMILES string of the molecule is COc1c(C(N)=O)cccc1-c1ccc(NCC[C@H](F)Cc2ncccc2F)nn1. The van der Waals surface area contributed by atoms with Gasteiger partial charge in [-0.15, -0.1) is 10.2 Å². The lowest BCUT2D eigenvalue weighted by Gasteiger charge is -2.12. The van der Waals surface area contributed by atoms with Crippen LogP contribution in [0, 0.1) is 5.82 Å². The third-order valence-electron chi connectivity index (χ3n) is 4.44. The van der Waals surface area contributed by atoms with Crippen LogP contribution >= 0.6 is 0 Å². The summed E-state index contributed by atoms with van der Waals surface area (Å²) in [6.07, 6.45) is 0.271. The summed E-state index contributed by atoms with van der Waals surface area (Å²) in [6, 6.07) is 11.1. The van der Waals surface area contributed by atoms with Crippen LogP contribution in [0.3, 0.4) is 0 Å². The second-order valence-corrected chi connectivity index (χ2v) is 6.50. The van der Waals surface area contributed by atoms with Gasteiger partial charge in [0.15, 0.2) is 0 Å². The molecular weight excluding hydrogens is 392 g/mol. The summed E-state index contributed by atoms with van der Waals surface area (Å²) in [5, 5.41) is 11.2. The van der Waals surface area contributed by atoms with Crippen molar-refractivity contribution in [2.45, 2.75) is 19.0 Å². The van der Waals surface area contributed by atoms with Crippen molar-refractivity contribution >= 4 is 11.7 Å². The highest BCUT2D eigenvalue weighted by Crippen LogP contribution is 2.31. The van der Waals surface area contributed by atoms with E-state index in [0.717, 1.165) is 0 Å². The smallest absolute Gasteiger partial charge is 0.252 e. The van der Waals surface area contributed by atoms with E-state index in [0.29, 0.717) is 29.4 Å². The number of nitrogens with two attached hydrogens (primary N) is 1. The maximum Gasteiger partial charge on any atom is 0.252 e. The van der Waals surface area contributed by atoms with Gasteiger partial charge in [-0.3, -0.25) is 9.78 Å². The number of carbonyl (C=O) groups excluding carboxylic acids is 1. The molecule has 0 aliphatic carbocycles. The van der Waals surface area contributed by atoms with Crippen molar-refractivity contribution in [3.8, 4) is 17.0 Å². The van der Waals surface area contributed by atoms with E-state index in [2.05, 4.69) is 20.5 Å². The molecule has 3 rings (SSSR count). The van der Waals surface area contributed by atoms with Gasteiger partial charge in [0.05, 0.1) is 24.1 Å². The Kier molecular flexibility index (Phi) is 6.84. The van der Waals surface area contributed by atoms with Crippen LogP contribution in [0.4, 0.5) is 14.6 Å². The molecule has 7 nitrogen and oxygen atoms in total. The first-order valence-electron chi connectivity index (χ1n) is 9.28. The normalized spacial score (nSPS) is 11.7. The van der Waals surface area contributed by atoms with Gasteiger partial charge in [0.1, 0.15) is 23.6 Å². The molecule has 1 aromatic carbocycles. The van der Waals surface area contributed by atoms with Crippen LogP contribution < -0.4 is 15.8 Å². The van der Waals surface area contributed by atoms with Crippen LogP contribution in [-0.4, -0.2) is 40.9 Å². The molecule has 156 valence electrons. The average Bonchev–Trinajstić information content (AvgIpc) is 2.75. The average molecular weight is 413 g/mol. The molecule has 3 N–H and O–H groups in total. The molecule has 9 heteroatoms. The summed E-state index contributed by atoms with van der Waals surface area (Å²) < 4.78 is 33.0. The first-order valence-corrected chi connectivity index (χ1v) is 9.28. The number of aromatic nitrogens is 3. The number of primary amides is 1. The summed E-state index contributed by atoms with van der Waals surface area (Å²) in [5.74, 6) is -0.335. The largest absolute Gasteiger partial charge is 0.495 e. The number of carbonyl (C=O) groups is 1. The van der Waals surface area contributed by atoms with Crippen molar-refractivity contribution in [1.29, 1.82) is 0 Å². The number of methoxy groups -OCH3 is 1. The Morgan fingerprint density at radius 3 is 2.70 bits per heavy atom. The number of alkyl halides is 1. The van der Waals surface area contributed by atoms with Gasteiger partial charge in [-0.05, 0) is 42.8 Å². The summed E-state index contributed by atoms with van der Waals surface area (Å²) in [5.41, 5.74) is 6.81. The number of amides is 1. The third kappa shape index (κ3) is 5.05. The molecule has 3 aromatic rings. The van der Waals surface area contributed by atoms with Gasteiger partial charge < -0.3 is 15.8 Å². The summed E-state index contributed by atoms with van der Waals surface area (Å²) in [7, 11) is 1.44. The van der Waals surface area contributed by atoms with Gasteiger partial charge in [-0.25, -0.2) is 8.78 Å². The van der Waals surface area contributed by atoms with Crippen LogP contribution in [-0.2, 0) is 6.42 Å². The fourth-order valence-electron chi connectivity index (χ4n) is 2.96. The van der Waals surface area contributed by atoms with Crippen molar-refractivity contribution in [2.24, 2.45) is 5.73 Å². The Hall–Kier alpha value is -3.62. The van der Waals surface area contributed by atoms with Gasteiger partial charge in [0, 0.05) is 24.7 Å². The van der Waals surface area contributed by atoms with Gasteiger partial charge in [-0.2, -0.15) is 0 Å². The van der Waals surface area contributed by atoms with Crippen LogP contribution in [0.5, 0.6) is 5.75 Å². The van der Waals surface area contributed by atoms with E-state index in [4.69, 9.17) is 10.5 Å². The molecule has 1 amide bonds. The molecule has 0 bridgehead atoms. The Balaban J connectivity index is 1.60. The van der Waals surface area contributed by atoms with Gasteiger partial charge >= 0.3 is 0 Å². The van der Waals surface area contributed by atoms with Crippen molar-refractivity contribution in [1.82, 2.24) is 15.2 Å². The number of rotatable bonds is 9. The van der Waals surface area contributed by atoms with E-state index in [1.54, 1.807) is 30.3 Å². The van der Waals surface area contributed by atoms with E-state index in [1.807, 2.05) is 0 Å². The summed E-state index contributed by atoms with van der Waals surface area (Å²) >= 11 is 0. The quantitative estimate of drug-likeness (QED) is 0.559. The van der Waals surface area contributed by atoms with Crippen LogP contribution in [0.25, 0.3) is 11.3 Å². The molecule has 0 aliphatic rings. The fraction of sp³-hybridized carbons (Fsp3) is 0.238. The lowest BCUT2D eigenvalue weighted by atomic mass is 10.1. The zero-order valence-corrected chi connectivity index (χ0v) is 16.3. The van der Waals surface area contributed by atoms with Crippen molar-refractivity contribution < 1.29 is 18.3 Å². The number of para-hydroxylation sites is 1. The number of ether oxygens (including phenoxy) is 1. The number of nitrogens with one attached hydrogen (secondary N) is 1. The minimum Gasteiger partial charge on any atom is -0.495 e. The van der Waals surface area contributed by atoms with Gasteiger partial charge in [-0.1, -0.05) is 6.07 Å². The molecule has 0 radical (unpaired) electrons. The first kappa shape index (κ1) is 21.1. The zero-order chi connectivity index (χ0) is 21.5. The highest BCUT2D eigenvalue weighted by Gasteiger charge is 2.16. The van der Waals surface area contributed by atoms with Gasteiger partial charge in [0.2, 0.25) is 0 Å². The standard InChI is InChI=1S/C21H21F2N5O2/c1-30-20-14(4-2-5-15(20)21(24)29)17-7-8-19(28-27-17)26-11-9-13(22)12-18-16(23)6-3-10-25-18/h2-8,10,13H,9,11-12H2,1H3,(H2,24,29)(H,26,28)/t13-/m0/s1. The van der Waals surface area contributed by atoms with E-state index in [9.17, 15) is 13.6 Å². The highest BCUT2D eigenvalue weighted by molar-refractivity contribution is 5.98. The molecule has 2 aromatic heterocycles. The number of hydrogen-bond donors (Lipinski definition) is 2. The summed E-state index contributed by atoms with van der Waals surface area (Å²) in [6.45, 7) is 0.296. The number of halogens is 2. The lowest BCUT2D eigenvalue weighted by molar-refractivity contribution is 0.0997. The Morgan fingerprint density at radius 1 is 1.20 bits per heavy atom. The molecule has 2 heterocycles. The van der Waals surface area contributed by atoms with E-state index < -0.39 is 17.9 Å². The summed E-state index contributed by atoms with van der Waals surface area (Å²) in [4.78, 5) is 15.4. The van der Waals surface area contributed by atoms with E-state index >= 15 is 0 Å². The maximum atomic E-state index is 14.1. The van der Waals surface area contributed by atoms with E-state index in [1.165, 1.54) is 25.4 Å². The predicted molar refractivity (Wildman–Crippen MR) is 108 cm³/mol. The second kappa shape index (κ2) is 9.73. The van der Waals surface area contributed by atoms with Crippen LogP contribution in [0.1, 0.15) is 22.5 Å². The molecule has 0 fully saturated rings. The number of benzene rings is 1. The molecule has 0 saturated carbocycles. The van der Waals surface area contributed by atoms with Crippen molar-refractivity contribution in [3.05, 3.63) is 65.7 Å². The van der Waals surface area contributed by atoms with Crippen LogP contribution in [0.2, 0.25) is 0 Å². The minimum absolute atomic E-state index is 0.0883. The molecular formula is C21H21F2N5O2. The first-order chi connectivity index (χ1) is 14.5. The molecule has 0 spiro atoms. The lowest BCUT2D eigenvalue weighted by Crippen LogP contribution is -2.14. The number of anilines is 1. The Labute approximate surface area is 172 Å². The topological polar surface area (TPSA) is 103 Å². The maximum absolute atomic E-state index is 14.1. The zero-order valence-electron chi connectivity index (χ0n) is 16.3. The molecule has 0 saturated heterocycles. The van der Waals surface area contributed by atoms with Crippen molar-refractivity contribution in [3.63, 3.8) is 0 Å². The Bertz CT molecular complexity index is 1010. The molecule has 0 aliphatic heterocycles. The van der Waals surface area contributed by atoms with Crippen LogP contribution in [0.15, 0.2) is 48.7 Å². The Morgan fingerprint density at radius 2 is 2.03 bits per heavy atom. The molecule has 30 heavy (non-hydrogen) atoms. The monoisotopic (exact) mass is 413 g/mol. The molecule has 0 unspecified atom stereocenters. The minimum atomic E-state index is -1.24. The highest BCUT2D eigenvalue weighted by atomic mass is 19.1. The second-order valence-electron chi connectivity index (χ2n) is 6.50. The van der Waals surface area contributed by atoms with Gasteiger partial charge in [0.25, 0.3) is 5.91 Å². The molecule has 1 atom stereocenters. The van der Waals surface area contributed by atoms with E-state index in [-0.39, 0.29) is 24.1 Å². The van der Waals surface area contributed by atoms with Crippen molar-refractivity contribution in [2.75, 3.05) is 19.0 Å². The third-order valence-corrected chi connectivity index (χ3v) is 4.44. The number of pyridine rings is 1. The predicted octanol–water partition coefficient (Wildman–Crippen LogP) is 3.17. The fourth-order valence-corrected chi connectivity index (χ4v) is 2.96.